The molecule has 0 spiro atoms. The Morgan fingerprint density at radius 1 is 1.52 bits per heavy atom. The molecule has 0 atom stereocenters. The van der Waals surface area contributed by atoms with Gasteiger partial charge < -0.3 is 10.5 Å². The lowest BCUT2D eigenvalue weighted by atomic mass is 10.0. The summed E-state index contributed by atoms with van der Waals surface area (Å²) in [7, 11) is 1.45. The van der Waals surface area contributed by atoms with Gasteiger partial charge in [0.05, 0.1) is 23.8 Å². The average molecular weight is 303 g/mol. The van der Waals surface area contributed by atoms with Crippen molar-refractivity contribution in [3.8, 4) is 22.3 Å². The fourth-order valence-electron chi connectivity index (χ4n) is 2.11. The number of nitrogen functional groups attached to an aromatic ring is 1. The second-order valence-electron chi connectivity index (χ2n) is 4.26. The summed E-state index contributed by atoms with van der Waals surface area (Å²) in [6.07, 6.45) is 0.666. The van der Waals surface area contributed by atoms with Gasteiger partial charge in [-0.15, -0.1) is 11.3 Å². The maximum atomic E-state index is 10.8. The highest BCUT2D eigenvalue weighted by Gasteiger charge is 2.20. The average Bonchev–Trinajstić information content (AvgIpc) is 2.82. The summed E-state index contributed by atoms with van der Waals surface area (Å²) in [5, 5.41) is 19.9. The van der Waals surface area contributed by atoms with Gasteiger partial charge in [0.15, 0.2) is 0 Å². The summed E-state index contributed by atoms with van der Waals surface area (Å²) in [6.45, 7) is 1.95. The molecule has 1 heterocycles. The first-order valence-corrected chi connectivity index (χ1v) is 6.99. The van der Waals surface area contributed by atoms with Crippen LogP contribution in [-0.2, 0) is 6.42 Å². The summed E-state index contributed by atoms with van der Waals surface area (Å²) in [4.78, 5) is 11.6. The molecule has 0 unspecified atom stereocenters. The second-order valence-corrected chi connectivity index (χ2v) is 5.28. The minimum Gasteiger partial charge on any atom is -0.496 e. The lowest BCUT2D eigenvalue weighted by Gasteiger charge is -2.08. The van der Waals surface area contributed by atoms with Crippen molar-refractivity contribution in [2.45, 2.75) is 13.3 Å². The van der Waals surface area contributed by atoms with Crippen LogP contribution in [-0.4, -0.2) is 12.0 Å². The predicted octanol–water partition coefficient (Wildman–Crippen LogP) is 3.35. The van der Waals surface area contributed by atoms with Crippen LogP contribution in [0.25, 0.3) is 10.4 Å². The van der Waals surface area contributed by atoms with Crippen molar-refractivity contribution in [2.75, 3.05) is 12.8 Å². The van der Waals surface area contributed by atoms with E-state index < -0.39 is 4.92 Å². The van der Waals surface area contributed by atoms with Gasteiger partial charge >= 0.3 is 0 Å². The van der Waals surface area contributed by atoms with Crippen molar-refractivity contribution < 1.29 is 9.66 Å². The van der Waals surface area contributed by atoms with E-state index in [2.05, 4.69) is 6.07 Å². The highest BCUT2D eigenvalue weighted by molar-refractivity contribution is 7.16. The highest BCUT2D eigenvalue weighted by Crippen LogP contribution is 2.43. The molecule has 2 N–H and O–H groups in total. The molecule has 2 aromatic rings. The Labute approximate surface area is 125 Å². The molecule has 2 rings (SSSR count). The number of benzene rings is 1. The maximum Gasteiger partial charge on any atom is 0.273 e. The van der Waals surface area contributed by atoms with E-state index in [1.54, 1.807) is 6.07 Å². The fourth-order valence-corrected chi connectivity index (χ4v) is 3.25. The number of ether oxygens (including phenoxy) is 1. The predicted molar refractivity (Wildman–Crippen MR) is 81.5 cm³/mol. The number of rotatable bonds is 4. The summed E-state index contributed by atoms with van der Waals surface area (Å²) >= 11 is 1.27. The van der Waals surface area contributed by atoms with E-state index in [9.17, 15) is 10.1 Å². The number of nitrogens with two attached hydrogens (primary N) is 1. The minimum absolute atomic E-state index is 0.0429. The smallest absolute Gasteiger partial charge is 0.273 e. The Morgan fingerprint density at radius 3 is 2.76 bits per heavy atom. The Balaban J connectivity index is 2.67. The Hall–Kier alpha value is -2.59. The fraction of sp³-hybridized carbons (Fsp3) is 0.214. The third-order valence-electron chi connectivity index (χ3n) is 3.14. The van der Waals surface area contributed by atoms with Crippen LogP contribution >= 0.6 is 11.3 Å². The number of hydrogen-bond donors (Lipinski definition) is 1. The first-order chi connectivity index (χ1) is 10.0. The molecule has 0 amide bonds. The Morgan fingerprint density at radius 2 is 2.24 bits per heavy atom. The van der Waals surface area contributed by atoms with Crippen molar-refractivity contribution in [1.29, 1.82) is 5.26 Å². The van der Waals surface area contributed by atoms with Crippen molar-refractivity contribution in [1.82, 2.24) is 0 Å². The Bertz CT molecular complexity index is 747. The number of hydrogen-bond acceptors (Lipinski definition) is 6. The molecule has 6 nitrogen and oxygen atoms in total. The number of nitriles is 1. The van der Waals surface area contributed by atoms with Crippen LogP contribution in [0.15, 0.2) is 18.2 Å². The van der Waals surface area contributed by atoms with Crippen molar-refractivity contribution >= 4 is 22.7 Å². The van der Waals surface area contributed by atoms with Crippen LogP contribution in [0.3, 0.4) is 0 Å². The first-order valence-electron chi connectivity index (χ1n) is 6.17. The van der Waals surface area contributed by atoms with Gasteiger partial charge in [0.1, 0.15) is 16.7 Å². The maximum absolute atomic E-state index is 10.8. The quantitative estimate of drug-likeness (QED) is 0.689. The van der Waals surface area contributed by atoms with Crippen LogP contribution in [0.1, 0.15) is 17.4 Å². The van der Waals surface area contributed by atoms with Crippen molar-refractivity contribution in [2.24, 2.45) is 0 Å². The van der Waals surface area contributed by atoms with E-state index in [1.807, 2.05) is 6.92 Å². The van der Waals surface area contributed by atoms with E-state index in [0.29, 0.717) is 28.3 Å². The topological polar surface area (TPSA) is 102 Å². The molecule has 0 aliphatic carbocycles. The summed E-state index contributed by atoms with van der Waals surface area (Å²) in [6, 6.07) is 6.49. The van der Waals surface area contributed by atoms with E-state index >= 15 is 0 Å². The zero-order valence-corrected chi connectivity index (χ0v) is 12.4. The highest BCUT2D eigenvalue weighted by atomic mass is 32.1. The van der Waals surface area contributed by atoms with Gasteiger partial charge in [0.25, 0.3) is 5.69 Å². The number of anilines is 1. The molecule has 108 valence electrons. The lowest BCUT2D eigenvalue weighted by Crippen LogP contribution is -1.94. The molecule has 0 aliphatic rings. The number of methoxy groups -OCH3 is 1. The van der Waals surface area contributed by atoms with Crippen LogP contribution < -0.4 is 10.5 Å². The molecule has 0 saturated heterocycles. The summed E-state index contributed by atoms with van der Waals surface area (Å²) in [5.74, 6) is 0.393. The van der Waals surface area contributed by atoms with Gasteiger partial charge in [-0.3, -0.25) is 10.1 Å². The molecule has 1 aromatic heterocycles. The normalized spacial score (nSPS) is 10.1. The van der Waals surface area contributed by atoms with Gasteiger partial charge in [-0.25, -0.2) is 0 Å². The molecule has 21 heavy (non-hydrogen) atoms. The summed E-state index contributed by atoms with van der Waals surface area (Å²) in [5.41, 5.74) is 7.97. The largest absolute Gasteiger partial charge is 0.496 e. The van der Waals surface area contributed by atoms with Crippen LogP contribution in [0, 0.1) is 21.4 Å². The molecule has 0 saturated carbocycles. The number of nitro groups is 1. The lowest BCUT2D eigenvalue weighted by molar-refractivity contribution is -0.384. The number of nitro benzene ring substituents is 1. The van der Waals surface area contributed by atoms with Crippen LogP contribution in [0.5, 0.6) is 5.75 Å². The molecular formula is C14H13N3O3S. The third kappa shape index (κ3) is 2.53. The van der Waals surface area contributed by atoms with Gasteiger partial charge in [0.2, 0.25) is 0 Å². The molecule has 0 fully saturated rings. The van der Waals surface area contributed by atoms with Crippen LogP contribution in [0.4, 0.5) is 11.4 Å². The van der Waals surface area contributed by atoms with Gasteiger partial charge in [-0.2, -0.15) is 5.26 Å². The molecular weight excluding hydrogens is 290 g/mol. The molecule has 0 aliphatic heterocycles. The molecule has 0 radical (unpaired) electrons. The van der Waals surface area contributed by atoms with Gasteiger partial charge in [0, 0.05) is 16.5 Å². The van der Waals surface area contributed by atoms with E-state index in [0.717, 1.165) is 10.4 Å². The number of nitrogens with zero attached hydrogens (tertiary/aromatic N) is 2. The van der Waals surface area contributed by atoms with E-state index in [-0.39, 0.29) is 5.69 Å². The third-order valence-corrected chi connectivity index (χ3v) is 4.33. The van der Waals surface area contributed by atoms with E-state index in [1.165, 1.54) is 30.6 Å². The standard InChI is InChI=1S/C14H13N3O3S/c1-3-9-13(16)12(7-15)21-14(9)10-5-4-8(17(18)19)6-11(10)20-2/h4-6H,3,16H2,1-2H3. The number of non-ortho nitro benzene ring substituents is 1. The summed E-state index contributed by atoms with van der Waals surface area (Å²) < 4.78 is 5.25. The minimum atomic E-state index is -0.476. The van der Waals surface area contributed by atoms with Crippen molar-refractivity contribution in [3.63, 3.8) is 0 Å². The SMILES string of the molecule is CCc1c(-c2ccc([N+](=O)[O-])cc2OC)sc(C#N)c1N. The van der Waals surface area contributed by atoms with Gasteiger partial charge in [-0.1, -0.05) is 6.92 Å². The van der Waals surface area contributed by atoms with Crippen molar-refractivity contribution in [3.05, 3.63) is 38.8 Å². The van der Waals surface area contributed by atoms with E-state index in [4.69, 9.17) is 15.7 Å². The Kier molecular flexibility index (Phi) is 4.10. The van der Waals surface area contributed by atoms with Gasteiger partial charge in [-0.05, 0) is 18.1 Å². The van der Waals surface area contributed by atoms with Crippen LogP contribution in [0.2, 0.25) is 0 Å². The zero-order chi connectivity index (χ0) is 15.6. The monoisotopic (exact) mass is 303 g/mol. The second kappa shape index (κ2) is 5.81. The zero-order valence-electron chi connectivity index (χ0n) is 11.5. The number of thiophene rings is 1. The first kappa shape index (κ1) is 14.8. The molecule has 1 aromatic carbocycles. The molecule has 7 heteroatoms. The molecule has 0 bridgehead atoms.